The Labute approximate surface area is 232 Å². The first-order valence-electron chi connectivity index (χ1n) is 12.9. The summed E-state index contributed by atoms with van der Waals surface area (Å²) in [7, 11) is 3.35. The van der Waals surface area contributed by atoms with E-state index in [0.717, 1.165) is 23.2 Å². The standard InChI is InChI=1S/C28H32ClN5O5/c1-4-21-20(27(29)33(2)32-21)13-34-14-22-25(15-34)39-19-8-5-17(6-9-19)12-30-26(35)16-38-24-11-18(28(36)31-22)7-10-23(24)37-3/h5-11,22,25H,4,12-16H2,1-3H3,(H,30,35)(H,31,36)/t22-,25-/m0/s1. The van der Waals surface area contributed by atoms with Gasteiger partial charge in [-0.2, -0.15) is 5.10 Å². The minimum absolute atomic E-state index is 0.209. The molecule has 0 saturated carbocycles. The van der Waals surface area contributed by atoms with Crippen molar-refractivity contribution in [3.8, 4) is 17.2 Å². The number of ether oxygens (including phenoxy) is 3. The van der Waals surface area contributed by atoms with Crippen molar-refractivity contribution in [1.29, 1.82) is 0 Å². The summed E-state index contributed by atoms with van der Waals surface area (Å²) >= 11 is 6.57. The van der Waals surface area contributed by atoms with E-state index < -0.39 is 0 Å². The number of aromatic nitrogens is 2. The van der Waals surface area contributed by atoms with Crippen LogP contribution in [0.4, 0.5) is 0 Å². The molecule has 1 saturated heterocycles. The molecule has 3 aromatic rings. The molecular weight excluding hydrogens is 522 g/mol. The Balaban J connectivity index is 1.43. The molecule has 1 fully saturated rings. The molecule has 0 radical (unpaired) electrons. The molecular formula is C28H32ClN5O5. The quantitative estimate of drug-likeness (QED) is 0.511. The van der Waals surface area contributed by atoms with Crippen molar-refractivity contribution >= 4 is 23.4 Å². The number of hydrogen-bond acceptors (Lipinski definition) is 7. The summed E-state index contributed by atoms with van der Waals surface area (Å²) in [4.78, 5) is 28.0. The number of nitrogens with zero attached hydrogens (tertiary/aromatic N) is 3. The van der Waals surface area contributed by atoms with E-state index in [1.54, 1.807) is 22.9 Å². The van der Waals surface area contributed by atoms with Gasteiger partial charge in [0, 0.05) is 44.4 Å². The van der Waals surface area contributed by atoms with Gasteiger partial charge in [0.1, 0.15) is 17.0 Å². The molecule has 0 spiro atoms. The van der Waals surface area contributed by atoms with Crippen LogP contribution in [0.25, 0.3) is 0 Å². The molecule has 206 valence electrons. The number of carbonyl (C=O) groups is 2. The van der Waals surface area contributed by atoms with Gasteiger partial charge in [-0.3, -0.25) is 19.2 Å². The van der Waals surface area contributed by atoms with Crippen LogP contribution in [0, 0.1) is 0 Å². The van der Waals surface area contributed by atoms with Crippen LogP contribution in [0.1, 0.15) is 34.1 Å². The summed E-state index contributed by atoms with van der Waals surface area (Å²) in [5, 5.41) is 11.1. The number of aryl methyl sites for hydroxylation is 2. The van der Waals surface area contributed by atoms with Gasteiger partial charge in [0.15, 0.2) is 18.1 Å². The summed E-state index contributed by atoms with van der Waals surface area (Å²) < 4.78 is 19.2. The van der Waals surface area contributed by atoms with E-state index in [9.17, 15) is 9.59 Å². The third kappa shape index (κ3) is 5.97. The van der Waals surface area contributed by atoms with Crippen molar-refractivity contribution in [2.24, 2.45) is 7.05 Å². The van der Waals surface area contributed by atoms with Gasteiger partial charge in [-0.25, -0.2) is 0 Å². The molecule has 0 aliphatic carbocycles. The van der Waals surface area contributed by atoms with E-state index in [4.69, 9.17) is 25.8 Å². The molecule has 10 nitrogen and oxygen atoms in total. The number of fused-ring (bicyclic) bond motifs is 7. The van der Waals surface area contributed by atoms with Gasteiger partial charge in [0.25, 0.3) is 11.8 Å². The molecule has 3 aliphatic rings. The molecule has 3 aliphatic heterocycles. The first-order valence-corrected chi connectivity index (χ1v) is 13.3. The predicted molar refractivity (Wildman–Crippen MR) is 145 cm³/mol. The van der Waals surface area contributed by atoms with Gasteiger partial charge in [0.2, 0.25) is 0 Å². The highest BCUT2D eigenvalue weighted by Gasteiger charge is 2.37. The minimum Gasteiger partial charge on any atom is -0.493 e. The Morgan fingerprint density at radius 1 is 1.15 bits per heavy atom. The molecule has 2 atom stereocenters. The van der Waals surface area contributed by atoms with Crippen molar-refractivity contribution < 1.29 is 23.8 Å². The number of benzene rings is 2. The van der Waals surface area contributed by atoms with Gasteiger partial charge in [-0.15, -0.1) is 0 Å². The van der Waals surface area contributed by atoms with E-state index >= 15 is 0 Å². The molecule has 39 heavy (non-hydrogen) atoms. The zero-order chi connectivity index (χ0) is 27.5. The first kappa shape index (κ1) is 26.8. The molecule has 6 rings (SSSR count). The van der Waals surface area contributed by atoms with Crippen LogP contribution in [0.15, 0.2) is 42.5 Å². The number of nitrogens with one attached hydrogen (secondary N) is 2. The topological polar surface area (TPSA) is 107 Å². The fourth-order valence-electron chi connectivity index (χ4n) is 4.94. The van der Waals surface area contributed by atoms with E-state index in [1.165, 1.54) is 7.11 Å². The Kier molecular flexibility index (Phi) is 7.94. The van der Waals surface area contributed by atoms with Crippen molar-refractivity contribution in [2.75, 3.05) is 26.8 Å². The highest BCUT2D eigenvalue weighted by atomic mass is 35.5. The molecule has 2 N–H and O–H groups in total. The third-order valence-electron chi connectivity index (χ3n) is 7.01. The van der Waals surface area contributed by atoms with Crippen molar-refractivity contribution in [1.82, 2.24) is 25.3 Å². The number of amides is 2. The summed E-state index contributed by atoms with van der Waals surface area (Å²) in [6.45, 7) is 3.96. The number of halogens is 1. The normalized spacial score (nSPS) is 19.9. The van der Waals surface area contributed by atoms with E-state index in [2.05, 4.69) is 27.6 Å². The van der Waals surface area contributed by atoms with Crippen LogP contribution in [0.5, 0.6) is 17.2 Å². The number of carbonyl (C=O) groups excluding carboxylic acids is 2. The van der Waals surface area contributed by atoms with Crippen LogP contribution in [0.3, 0.4) is 0 Å². The lowest BCUT2D eigenvalue weighted by atomic mass is 10.1. The number of rotatable bonds is 4. The zero-order valence-electron chi connectivity index (χ0n) is 22.2. The summed E-state index contributed by atoms with van der Waals surface area (Å²) in [6, 6.07) is 12.2. The molecule has 2 amide bonds. The maximum Gasteiger partial charge on any atom is 0.258 e. The highest BCUT2D eigenvalue weighted by Crippen LogP contribution is 2.29. The van der Waals surface area contributed by atoms with Crippen molar-refractivity contribution in [3.05, 3.63) is 70.0 Å². The van der Waals surface area contributed by atoms with Gasteiger partial charge in [-0.05, 0) is 42.3 Å². The van der Waals surface area contributed by atoms with E-state index in [1.807, 2.05) is 31.3 Å². The van der Waals surface area contributed by atoms with Crippen LogP contribution < -0.4 is 24.8 Å². The average Bonchev–Trinajstić information content (AvgIpc) is 3.44. The maximum absolute atomic E-state index is 13.4. The number of methoxy groups -OCH3 is 1. The smallest absolute Gasteiger partial charge is 0.258 e. The van der Waals surface area contributed by atoms with Gasteiger partial charge >= 0.3 is 0 Å². The van der Waals surface area contributed by atoms with E-state index in [0.29, 0.717) is 54.1 Å². The van der Waals surface area contributed by atoms with E-state index in [-0.39, 0.29) is 30.6 Å². The molecule has 11 heteroatoms. The maximum atomic E-state index is 13.4. The van der Waals surface area contributed by atoms with Crippen LogP contribution in [-0.2, 0) is 31.4 Å². The second-order valence-corrected chi connectivity index (χ2v) is 10.1. The fourth-order valence-corrected chi connectivity index (χ4v) is 5.15. The van der Waals surface area contributed by atoms with Crippen LogP contribution in [0.2, 0.25) is 5.15 Å². The van der Waals surface area contributed by atoms with Crippen LogP contribution >= 0.6 is 11.6 Å². The Morgan fingerprint density at radius 2 is 1.95 bits per heavy atom. The highest BCUT2D eigenvalue weighted by molar-refractivity contribution is 6.30. The SMILES string of the molecule is CCc1nn(C)c(Cl)c1CN1C[C@@H]2NC(=O)c3ccc(OC)c(c3)OCC(=O)NCc3ccc(cc3)O[C@H]2C1. The van der Waals surface area contributed by atoms with Gasteiger partial charge in [0.05, 0.1) is 18.8 Å². The molecule has 4 bridgehead atoms. The Bertz CT molecular complexity index is 1360. The monoisotopic (exact) mass is 553 g/mol. The lowest BCUT2D eigenvalue weighted by Crippen LogP contribution is -2.45. The predicted octanol–water partition coefficient (Wildman–Crippen LogP) is 2.71. The summed E-state index contributed by atoms with van der Waals surface area (Å²) in [6.07, 6.45) is 0.475. The van der Waals surface area contributed by atoms with Crippen molar-refractivity contribution in [2.45, 2.75) is 38.6 Å². The lowest BCUT2D eigenvalue weighted by molar-refractivity contribution is -0.123. The number of hydrogen-bond donors (Lipinski definition) is 2. The first-order chi connectivity index (χ1) is 18.8. The van der Waals surface area contributed by atoms with Gasteiger partial charge < -0.3 is 24.8 Å². The molecule has 2 aromatic carbocycles. The second kappa shape index (κ2) is 11.5. The average molecular weight is 554 g/mol. The Hall–Kier alpha value is -3.76. The summed E-state index contributed by atoms with van der Waals surface area (Å²) in [5.41, 5.74) is 3.27. The second-order valence-electron chi connectivity index (χ2n) is 9.70. The van der Waals surface area contributed by atoms with Crippen molar-refractivity contribution in [3.63, 3.8) is 0 Å². The molecule has 4 heterocycles. The number of likely N-dealkylation sites (tertiary alicyclic amines) is 1. The van der Waals surface area contributed by atoms with Gasteiger partial charge in [-0.1, -0.05) is 30.7 Å². The Morgan fingerprint density at radius 3 is 2.69 bits per heavy atom. The zero-order valence-corrected chi connectivity index (χ0v) is 23.0. The molecule has 1 aromatic heterocycles. The largest absolute Gasteiger partial charge is 0.493 e. The summed E-state index contributed by atoms with van der Waals surface area (Å²) in [5.74, 6) is 0.865. The van der Waals surface area contributed by atoms with Crippen LogP contribution in [-0.4, -0.2) is 65.4 Å². The fraction of sp³-hybridized carbons (Fsp3) is 0.393. The molecule has 0 unspecified atom stereocenters. The minimum atomic E-state index is -0.301. The third-order valence-corrected chi connectivity index (χ3v) is 7.48. The lowest BCUT2D eigenvalue weighted by Gasteiger charge is -2.21.